The summed E-state index contributed by atoms with van der Waals surface area (Å²) in [5.74, 6) is 1.64. The second kappa shape index (κ2) is 6.17. The molecule has 0 saturated heterocycles. The molecule has 18 heavy (non-hydrogen) atoms. The van der Waals surface area contributed by atoms with Gasteiger partial charge in [0.2, 0.25) is 5.89 Å². The van der Waals surface area contributed by atoms with Gasteiger partial charge in [0.15, 0.2) is 5.82 Å². The molecule has 4 nitrogen and oxygen atoms in total. The molecule has 1 aromatic carbocycles. The molecule has 1 aromatic heterocycles. The largest absolute Gasteiger partial charge is 0.338 e. The number of halogens is 1. The first-order chi connectivity index (χ1) is 8.78. The molecule has 1 heterocycles. The third kappa shape index (κ3) is 3.57. The van der Waals surface area contributed by atoms with E-state index in [1.165, 1.54) is 23.9 Å². The van der Waals surface area contributed by atoms with Gasteiger partial charge in [-0.2, -0.15) is 10.2 Å². The molecular weight excluding hydrogens is 253 g/mol. The third-order valence-electron chi connectivity index (χ3n) is 2.15. The predicted octanol–water partition coefficient (Wildman–Crippen LogP) is 2.56. The zero-order chi connectivity index (χ0) is 12.8. The minimum Gasteiger partial charge on any atom is -0.338 e. The summed E-state index contributed by atoms with van der Waals surface area (Å²) in [4.78, 5) is 4.18. The molecule has 0 amide bonds. The summed E-state index contributed by atoms with van der Waals surface area (Å²) in [6, 6.07) is 8.32. The molecule has 0 fully saturated rings. The van der Waals surface area contributed by atoms with Crippen LogP contribution in [-0.4, -0.2) is 15.9 Å². The Morgan fingerprint density at radius 2 is 2.33 bits per heavy atom. The molecule has 2 rings (SSSR count). The van der Waals surface area contributed by atoms with Crippen LogP contribution in [0.2, 0.25) is 0 Å². The van der Waals surface area contributed by atoms with Crippen molar-refractivity contribution in [1.29, 1.82) is 5.26 Å². The Hall–Kier alpha value is -1.87. The van der Waals surface area contributed by atoms with Crippen molar-refractivity contribution >= 4 is 11.8 Å². The van der Waals surface area contributed by atoms with Crippen molar-refractivity contribution in [2.45, 2.75) is 12.2 Å². The summed E-state index contributed by atoms with van der Waals surface area (Å²) in [5, 5.41) is 12.2. The van der Waals surface area contributed by atoms with E-state index in [1.54, 1.807) is 6.07 Å². The summed E-state index contributed by atoms with van der Waals surface area (Å²) in [5.41, 5.74) is 0.798. The van der Waals surface area contributed by atoms with E-state index in [0.717, 1.165) is 5.56 Å². The van der Waals surface area contributed by atoms with Crippen molar-refractivity contribution in [3.05, 3.63) is 47.4 Å². The number of benzene rings is 1. The van der Waals surface area contributed by atoms with Crippen molar-refractivity contribution < 1.29 is 8.91 Å². The monoisotopic (exact) mass is 263 g/mol. The second-order valence-corrected chi connectivity index (χ2v) is 4.55. The van der Waals surface area contributed by atoms with Crippen LogP contribution in [0.3, 0.4) is 0 Å². The molecule has 0 radical (unpaired) electrons. The summed E-state index contributed by atoms with van der Waals surface area (Å²) < 4.78 is 18.0. The molecule has 0 aliphatic heterocycles. The van der Waals surface area contributed by atoms with Gasteiger partial charge in [0, 0.05) is 6.42 Å². The lowest BCUT2D eigenvalue weighted by Crippen LogP contribution is -1.92. The number of hydrogen-bond acceptors (Lipinski definition) is 5. The normalized spacial score (nSPS) is 10.2. The first kappa shape index (κ1) is 12.6. The quantitative estimate of drug-likeness (QED) is 0.776. The van der Waals surface area contributed by atoms with Gasteiger partial charge in [0.05, 0.1) is 17.6 Å². The van der Waals surface area contributed by atoms with Crippen molar-refractivity contribution in [2.24, 2.45) is 0 Å². The smallest absolute Gasteiger partial charge is 0.236 e. The molecular formula is C12H10FN3OS. The van der Waals surface area contributed by atoms with Gasteiger partial charge in [0.1, 0.15) is 5.82 Å². The highest BCUT2D eigenvalue weighted by Crippen LogP contribution is 2.12. The van der Waals surface area contributed by atoms with Gasteiger partial charge in [0.25, 0.3) is 0 Å². The molecule has 0 bridgehead atoms. The average Bonchev–Trinajstić information content (AvgIpc) is 2.77. The van der Waals surface area contributed by atoms with Crippen LogP contribution in [0.4, 0.5) is 4.39 Å². The van der Waals surface area contributed by atoms with E-state index < -0.39 is 0 Å². The Balaban J connectivity index is 1.96. The maximum Gasteiger partial charge on any atom is 0.236 e. The fraction of sp³-hybridized carbons (Fsp3) is 0.250. The third-order valence-corrected chi connectivity index (χ3v) is 2.94. The maximum atomic E-state index is 13.0. The van der Waals surface area contributed by atoms with Crippen LogP contribution < -0.4 is 0 Å². The zero-order valence-corrected chi connectivity index (χ0v) is 10.3. The average molecular weight is 263 g/mol. The molecule has 0 unspecified atom stereocenters. The minimum atomic E-state index is -0.277. The lowest BCUT2D eigenvalue weighted by Gasteiger charge is -1.95. The van der Waals surface area contributed by atoms with Gasteiger partial charge in [-0.15, -0.1) is 11.8 Å². The van der Waals surface area contributed by atoms with Gasteiger partial charge < -0.3 is 4.52 Å². The summed E-state index contributed by atoms with van der Waals surface area (Å²) >= 11 is 1.41. The fourth-order valence-electron chi connectivity index (χ4n) is 1.43. The Kier molecular flexibility index (Phi) is 4.31. The molecule has 0 atom stereocenters. The molecule has 0 N–H and O–H groups in total. The fourth-order valence-corrected chi connectivity index (χ4v) is 1.92. The number of thioether (sulfide) groups is 1. The minimum absolute atomic E-state index is 0.277. The van der Waals surface area contributed by atoms with Crippen LogP contribution in [0.1, 0.15) is 17.3 Å². The number of rotatable bonds is 5. The Labute approximate surface area is 108 Å². The van der Waals surface area contributed by atoms with Gasteiger partial charge in [-0.05, 0) is 17.7 Å². The number of nitriles is 1. The van der Waals surface area contributed by atoms with Crippen molar-refractivity contribution in [2.75, 3.05) is 5.75 Å². The van der Waals surface area contributed by atoms with Crippen LogP contribution in [0.5, 0.6) is 0 Å². The van der Waals surface area contributed by atoms with E-state index >= 15 is 0 Å². The van der Waals surface area contributed by atoms with Crippen molar-refractivity contribution in [3.8, 4) is 6.07 Å². The van der Waals surface area contributed by atoms with Crippen molar-refractivity contribution in [1.82, 2.24) is 10.1 Å². The predicted molar refractivity (Wildman–Crippen MR) is 65.3 cm³/mol. The Morgan fingerprint density at radius 3 is 3.11 bits per heavy atom. The second-order valence-electron chi connectivity index (χ2n) is 3.56. The lowest BCUT2D eigenvalue weighted by molar-refractivity contribution is 0.386. The van der Waals surface area contributed by atoms with Gasteiger partial charge in [-0.1, -0.05) is 17.3 Å². The van der Waals surface area contributed by atoms with Gasteiger partial charge in [-0.25, -0.2) is 4.39 Å². The highest BCUT2D eigenvalue weighted by atomic mass is 32.2. The standard InChI is InChI=1S/C12H10FN3OS/c13-10-3-1-2-9(6-10)7-11-15-12(17-16-11)8-18-5-4-14/h1-3,6H,5,7-8H2. The van der Waals surface area contributed by atoms with Crippen LogP contribution >= 0.6 is 11.8 Å². The van der Waals surface area contributed by atoms with Crippen molar-refractivity contribution in [3.63, 3.8) is 0 Å². The Bertz CT molecular complexity index is 564. The number of nitrogens with zero attached hydrogens (tertiary/aromatic N) is 3. The first-order valence-corrected chi connectivity index (χ1v) is 6.44. The van der Waals surface area contributed by atoms with Gasteiger partial charge in [-0.3, -0.25) is 0 Å². The van der Waals surface area contributed by atoms with E-state index in [-0.39, 0.29) is 5.82 Å². The van der Waals surface area contributed by atoms with E-state index in [2.05, 4.69) is 10.1 Å². The zero-order valence-electron chi connectivity index (χ0n) is 9.47. The SMILES string of the molecule is N#CCSCc1nc(Cc2cccc(F)c2)no1. The van der Waals surface area contributed by atoms with Crippen LogP contribution in [0.25, 0.3) is 0 Å². The summed E-state index contributed by atoms with van der Waals surface area (Å²) in [6.07, 6.45) is 0.435. The number of aromatic nitrogens is 2. The van der Waals surface area contributed by atoms with Crippen LogP contribution in [0.15, 0.2) is 28.8 Å². The molecule has 6 heteroatoms. The maximum absolute atomic E-state index is 13.0. The van der Waals surface area contributed by atoms with Crippen LogP contribution in [-0.2, 0) is 12.2 Å². The van der Waals surface area contributed by atoms with E-state index in [1.807, 2.05) is 12.1 Å². The molecule has 2 aromatic rings. The van der Waals surface area contributed by atoms with E-state index in [0.29, 0.717) is 29.6 Å². The molecule has 0 aliphatic carbocycles. The highest BCUT2D eigenvalue weighted by molar-refractivity contribution is 7.98. The molecule has 92 valence electrons. The van der Waals surface area contributed by atoms with E-state index in [4.69, 9.17) is 9.78 Å². The number of hydrogen-bond donors (Lipinski definition) is 0. The van der Waals surface area contributed by atoms with Gasteiger partial charge >= 0.3 is 0 Å². The highest BCUT2D eigenvalue weighted by Gasteiger charge is 2.07. The van der Waals surface area contributed by atoms with Crippen LogP contribution in [0, 0.1) is 17.1 Å². The molecule has 0 spiro atoms. The van der Waals surface area contributed by atoms with E-state index in [9.17, 15) is 4.39 Å². The summed E-state index contributed by atoms with van der Waals surface area (Å²) in [6.45, 7) is 0. The molecule has 0 aliphatic rings. The first-order valence-electron chi connectivity index (χ1n) is 5.28. The lowest BCUT2D eigenvalue weighted by atomic mass is 10.1. The molecule has 0 saturated carbocycles. The Morgan fingerprint density at radius 1 is 1.44 bits per heavy atom. The topological polar surface area (TPSA) is 62.7 Å². The summed E-state index contributed by atoms with van der Waals surface area (Å²) in [7, 11) is 0.